The molecule has 0 radical (unpaired) electrons. The lowest BCUT2D eigenvalue weighted by Gasteiger charge is -2.06. The minimum atomic E-state index is -3.54. The highest BCUT2D eigenvalue weighted by Crippen LogP contribution is 2.29. The lowest BCUT2D eigenvalue weighted by molar-refractivity contribution is -0.120. The molecule has 1 aromatic heterocycles. The van der Waals surface area contributed by atoms with Crippen molar-refractivity contribution in [3.63, 3.8) is 0 Å². The molecule has 1 rings (SSSR count). The number of halogens is 1. The van der Waals surface area contributed by atoms with Crippen LogP contribution < -0.4 is 10.0 Å². The molecule has 0 unspecified atom stereocenters. The van der Waals surface area contributed by atoms with Crippen molar-refractivity contribution < 1.29 is 13.2 Å². The second kappa shape index (κ2) is 7.37. The zero-order valence-corrected chi connectivity index (χ0v) is 14.0. The van der Waals surface area contributed by atoms with E-state index < -0.39 is 10.0 Å². The molecule has 2 N–H and O–H groups in total. The van der Waals surface area contributed by atoms with Crippen LogP contribution in [0.2, 0.25) is 0 Å². The first-order chi connectivity index (χ1) is 8.86. The van der Waals surface area contributed by atoms with Crippen LogP contribution in [0, 0.1) is 6.92 Å². The number of carbonyl (C=O) groups is 1. The number of hydrogen-bond donors (Lipinski definition) is 2. The lowest BCUT2D eigenvalue weighted by Crippen LogP contribution is -2.31. The standard InChI is InChI=1S/C11H17BrN2O3S2/c1-3-5-13-11(15)4-6-14-19(16,17)9-7-10(12)18-8(9)2/h7,14H,3-6H2,1-2H3,(H,13,15). The molecule has 0 fully saturated rings. The van der Waals surface area contributed by atoms with Gasteiger partial charge in [-0.2, -0.15) is 0 Å². The Morgan fingerprint density at radius 2 is 2.11 bits per heavy atom. The first-order valence-electron chi connectivity index (χ1n) is 5.89. The topological polar surface area (TPSA) is 75.3 Å². The summed E-state index contributed by atoms with van der Waals surface area (Å²) in [5.74, 6) is -0.146. The van der Waals surface area contributed by atoms with Crippen LogP contribution in [-0.2, 0) is 14.8 Å². The molecule has 1 heterocycles. The van der Waals surface area contributed by atoms with Crippen LogP contribution in [0.15, 0.2) is 14.7 Å². The Morgan fingerprint density at radius 1 is 1.42 bits per heavy atom. The van der Waals surface area contributed by atoms with Gasteiger partial charge in [-0.15, -0.1) is 11.3 Å². The number of nitrogens with one attached hydrogen (secondary N) is 2. The molecule has 108 valence electrons. The van der Waals surface area contributed by atoms with E-state index in [4.69, 9.17) is 0 Å². The minimum absolute atomic E-state index is 0.102. The summed E-state index contributed by atoms with van der Waals surface area (Å²) in [6, 6.07) is 1.57. The first-order valence-corrected chi connectivity index (χ1v) is 8.98. The van der Waals surface area contributed by atoms with Gasteiger partial charge in [0.15, 0.2) is 0 Å². The van der Waals surface area contributed by atoms with E-state index >= 15 is 0 Å². The number of sulfonamides is 1. The number of thiophene rings is 1. The quantitative estimate of drug-likeness (QED) is 0.772. The summed E-state index contributed by atoms with van der Waals surface area (Å²) in [5.41, 5.74) is 0. The fourth-order valence-electron chi connectivity index (χ4n) is 1.43. The molecule has 0 aliphatic heterocycles. The van der Waals surface area contributed by atoms with Crippen LogP contribution in [0.5, 0.6) is 0 Å². The molecule has 1 amide bonds. The van der Waals surface area contributed by atoms with E-state index in [1.54, 1.807) is 13.0 Å². The maximum Gasteiger partial charge on any atom is 0.241 e. The van der Waals surface area contributed by atoms with Crippen LogP contribution in [-0.4, -0.2) is 27.4 Å². The summed E-state index contributed by atoms with van der Waals surface area (Å²) in [7, 11) is -3.54. The van der Waals surface area contributed by atoms with E-state index in [1.807, 2.05) is 6.92 Å². The minimum Gasteiger partial charge on any atom is -0.356 e. The molecular formula is C11H17BrN2O3S2. The third-order valence-electron chi connectivity index (χ3n) is 2.35. The Balaban J connectivity index is 2.53. The normalized spacial score (nSPS) is 11.5. The highest BCUT2D eigenvalue weighted by Gasteiger charge is 2.19. The van der Waals surface area contributed by atoms with E-state index in [9.17, 15) is 13.2 Å². The summed E-state index contributed by atoms with van der Waals surface area (Å²) in [5, 5.41) is 2.69. The molecule has 0 aromatic carbocycles. The number of rotatable bonds is 7. The third-order valence-corrected chi connectivity index (χ3v) is 5.62. The van der Waals surface area contributed by atoms with Gasteiger partial charge in [0, 0.05) is 24.4 Å². The predicted molar refractivity (Wildman–Crippen MR) is 79.9 cm³/mol. The Hall–Kier alpha value is -0.440. The molecule has 0 atom stereocenters. The van der Waals surface area contributed by atoms with Gasteiger partial charge in [0.05, 0.1) is 8.68 Å². The number of amides is 1. The number of aryl methyl sites for hydroxylation is 1. The SMILES string of the molecule is CCCNC(=O)CCNS(=O)(=O)c1cc(Br)sc1C. The fraction of sp³-hybridized carbons (Fsp3) is 0.545. The maximum atomic E-state index is 12.0. The molecule has 0 aliphatic carbocycles. The molecule has 0 aliphatic rings. The van der Waals surface area contributed by atoms with Gasteiger partial charge < -0.3 is 5.32 Å². The molecule has 0 bridgehead atoms. The van der Waals surface area contributed by atoms with Crippen molar-refractivity contribution in [2.45, 2.75) is 31.6 Å². The third kappa shape index (κ3) is 5.21. The van der Waals surface area contributed by atoms with Crippen LogP contribution in [0.25, 0.3) is 0 Å². The summed E-state index contributed by atoms with van der Waals surface area (Å²) >= 11 is 4.62. The highest BCUT2D eigenvalue weighted by molar-refractivity contribution is 9.11. The van der Waals surface area contributed by atoms with E-state index in [2.05, 4.69) is 26.0 Å². The summed E-state index contributed by atoms with van der Waals surface area (Å²) in [4.78, 5) is 12.3. The Morgan fingerprint density at radius 3 is 2.63 bits per heavy atom. The average Bonchev–Trinajstić information content (AvgIpc) is 2.66. The Bertz CT molecular complexity index is 540. The van der Waals surface area contributed by atoms with Gasteiger partial charge >= 0.3 is 0 Å². The molecule has 5 nitrogen and oxygen atoms in total. The van der Waals surface area contributed by atoms with Crippen molar-refractivity contribution in [1.82, 2.24) is 10.0 Å². The summed E-state index contributed by atoms with van der Waals surface area (Å²) in [6.07, 6.45) is 1.00. The van der Waals surface area contributed by atoms with Crippen LogP contribution in [0.3, 0.4) is 0 Å². The monoisotopic (exact) mass is 368 g/mol. The van der Waals surface area contributed by atoms with E-state index in [-0.39, 0.29) is 23.8 Å². The highest BCUT2D eigenvalue weighted by atomic mass is 79.9. The van der Waals surface area contributed by atoms with Crippen molar-refractivity contribution in [3.05, 3.63) is 14.7 Å². The predicted octanol–water partition coefficient (Wildman–Crippen LogP) is 2.01. The van der Waals surface area contributed by atoms with Crippen LogP contribution >= 0.6 is 27.3 Å². The van der Waals surface area contributed by atoms with Crippen molar-refractivity contribution in [1.29, 1.82) is 0 Å². The molecular weight excluding hydrogens is 352 g/mol. The molecule has 0 saturated heterocycles. The molecule has 8 heteroatoms. The van der Waals surface area contributed by atoms with E-state index in [0.29, 0.717) is 6.54 Å². The van der Waals surface area contributed by atoms with Gasteiger partial charge in [-0.3, -0.25) is 4.79 Å². The van der Waals surface area contributed by atoms with Gasteiger partial charge in [-0.25, -0.2) is 13.1 Å². The molecule has 19 heavy (non-hydrogen) atoms. The number of carbonyl (C=O) groups excluding carboxylic acids is 1. The van der Waals surface area contributed by atoms with Crippen molar-refractivity contribution in [2.24, 2.45) is 0 Å². The van der Waals surface area contributed by atoms with Crippen molar-refractivity contribution in [3.8, 4) is 0 Å². The van der Waals surface area contributed by atoms with Crippen LogP contribution in [0.1, 0.15) is 24.6 Å². The van der Waals surface area contributed by atoms with E-state index in [0.717, 1.165) is 15.1 Å². The van der Waals surface area contributed by atoms with Gasteiger partial charge in [0.25, 0.3) is 0 Å². The molecule has 1 aromatic rings. The second-order valence-electron chi connectivity index (χ2n) is 3.97. The largest absolute Gasteiger partial charge is 0.356 e. The molecule has 0 spiro atoms. The number of hydrogen-bond acceptors (Lipinski definition) is 4. The van der Waals surface area contributed by atoms with Gasteiger partial charge in [0.1, 0.15) is 0 Å². The van der Waals surface area contributed by atoms with Crippen molar-refractivity contribution >= 4 is 43.2 Å². The van der Waals surface area contributed by atoms with Crippen molar-refractivity contribution in [2.75, 3.05) is 13.1 Å². The van der Waals surface area contributed by atoms with Crippen LogP contribution in [0.4, 0.5) is 0 Å². The van der Waals surface area contributed by atoms with Gasteiger partial charge in [0.2, 0.25) is 15.9 Å². The fourth-order valence-corrected chi connectivity index (χ4v) is 4.87. The second-order valence-corrected chi connectivity index (χ2v) is 8.34. The lowest BCUT2D eigenvalue weighted by atomic mass is 10.4. The van der Waals surface area contributed by atoms with Gasteiger partial charge in [-0.1, -0.05) is 6.92 Å². The summed E-state index contributed by atoms with van der Waals surface area (Å²) in [6.45, 7) is 4.42. The smallest absolute Gasteiger partial charge is 0.241 e. The molecule has 0 saturated carbocycles. The van der Waals surface area contributed by atoms with Gasteiger partial charge in [-0.05, 0) is 35.3 Å². The zero-order chi connectivity index (χ0) is 14.5. The Kier molecular flexibility index (Phi) is 6.45. The summed E-state index contributed by atoms with van der Waals surface area (Å²) < 4.78 is 27.2. The average molecular weight is 369 g/mol. The maximum absolute atomic E-state index is 12.0. The Labute approximate surface area is 126 Å². The first kappa shape index (κ1) is 16.6. The van der Waals surface area contributed by atoms with E-state index in [1.165, 1.54) is 11.3 Å². The zero-order valence-electron chi connectivity index (χ0n) is 10.8.